The molecule has 0 spiro atoms. The zero-order valence-corrected chi connectivity index (χ0v) is 34.1. The molecule has 0 amide bonds. The number of likely N-dealkylation sites (N-methyl/N-ethyl adjacent to an activating group) is 2. The van der Waals surface area contributed by atoms with Gasteiger partial charge in [0.25, 0.3) is 15.9 Å². The van der Waals surface area contributed by atoms with Crippen molar-refractivity contribution in [2.45, 2.75) is 125 Å². The molecular weight excluding hydrogens is 701 g/mol. The summed E-state index contributed by atoms with van der Waals surface area (Å²) in [4.78, 5) is 13.7. The Kier molecular flexibility index (Phi) is 11.1. The maximum Gasteiger partial charge on any atom is 0.303 e. The summed E-state index contributed by atoms with van der Waals surface area (Å²) in [5.74, 6) is 1.23. The number of fused-ring (bicyclic) bond motifs is 4. The van der Waals surface area contributed by atoms with Crippen molar-refractivity contribution in [1.82, 2.24) is 9.14 Å². The molecule has 0 aliphatic carbocycles. The molecule has 3 aromatic rings. The Morgan fingerprint density at radius 1 is 0.889 bits per heavy atom. The van der Waals surface area contributed by atoms with Crippen LogP contribution in [0.15, 0.2) is 48.8 Å². The molecule has 1 aromatic heterocycles. The van der Waals surface area contributed by atoms with Gasteiger partial charge in [-0.1, -0.05) is 26.3 Å². The Hall–Kier alpha value is -4.22. The average molecular weight is 759 g/mol. The van der Waals surface area contributed by atoms with E-state index in [9.17, 15) is 22.9 Å². The van der Waals surface area contributed by atoms with E-state index in [2.05, 4.69) is 117 Å². The van der Waals surface area contributed by atoms with Crippen LogP contribution < -0.4 is 29.4 Å². The summed E-state index contributed by atoms with van der Waals surface area (Å²) in [7, 11) is -4.33. The summed E-state index contributed by atoms with van der Waals surface area (Å²) in [5, 5.41) is 11.0. The second-order valence-electron chi connectivity index (χ2n) is 16.0. The van der Waals surface area contributed by atoms with E-state index in [1.54, 1.807) is 0 Å². The third kappa shape index (κ3) is 7.54. The van der Waals surface area contributed by atoms with Gasteiger partial charge in [0, 0.05) is 54.9 Å². The smallest absolute Gasteiger partial charge is 0.303 e. The summed E-state index contributed by atoms with van der Waals surface area (Å²) in [6.07, 6.45) is 13.9. The SMILES string of the molecule is CCCC[n+]1ccn(CCCCCC(=O)O)c1C1=c2cc3c(cc2Oc2cc4c(cc21)C(CC)=CC(C)(C)N4CC)=[N+](CC)C(C)(C)C=C3CS(=O)(=O)O. The molecule has 0 radical (unpaired) electrons. The number of carboxylic acids is 1. The zero-order chi connectivity index (χ0) is 39.2. The molecule has 3 aliphatic heterocycles. The van der Waals surface area contributed by atoms with Gasteiger partial charge in [0.2, 0.25) is 5.36 Å². The van der Waals surface area contributed by atoms with E-state index in [4.69, 9.17) is 4.74 Å². The molecule has 2 N–H and O–H groups in total. The number of aliphatic carboxylic acids is 1. The fraction of sp³-hybridized carbons (Fsp3) is 0.512. The van der Waals surface area contributed by atoms with Gasteiger partial charge in [-0.05, 0) is 89.2 Å². The number of unbranched alkanes of at least 4 members (excludes halogenated alkanes) is 3. The van der Waals surface area contributed by atoms with E-state index in [-0.39, 0.29) is 12.0 Å². The number of hydrogen-bond donors (Lipinski definition) is 2. The normalized spacial score (nSPS) is 16.9. The topological polar surface area (TPSA) is 116 Å². The first-order valence-electron chi connectivity index (χ1n) is 19.7. The summed E-state index contributed by atoms with van der Waals surface area (Å²) >= 11 is 0. The van der Waals surface area contributed by atoms with E-state index < -0.39 is 27.4 Å². The third-order valence-corrected chi connectivity index (χ3v) is 11.9. The number of carbonyl (C=O) groups is 1. The van der Waals surface area contributed by atoms with Crippen LogP contribution in [0.4, 0.5) is 5.69 Å². The number of aromatic nitrogens is 2. The molecule has 4 heterocycles. The lowest BCUT2D eigenvalue weighted by atomic mass is 9.84. The van der Waals surface area contributed by atoms with E-state index in [0.29, 0.717) is 30.8 Å². The van der Waals surface area contributed by atoms with Crippen LogP contribution in [-0.4, -0.2) is 58.5 Å². The van der Waals surface area contributed by atoms with E-state index in [1.165, 1.54) is 11.1 Å². The molecule has 290 valence electrons. The van der Waals surface area contributed by atoms with Crippen molar-refractivity contribution in [3.05, 3.63) is 81.9 Å². The second kappa shape index (κ2) is 15.1. The Balaban J connectivity index is 1.71. The van der Waals surface area contributed by atoms with Gasteiger partial charge in [0.15, 0.2) is 5.54 Å². The highest BCUT2D eigenvalue weighted by Crippen LogP contribution is 2.47. The highest BCUT2D eigenvalue weighted by atomic mass is 32.2. The molecule has 3 aliphatic rings. The third-order valence-electron chi connectivity index (χ3n) is 11.3. The lowest BCUT2D eigenvalue weighted by molar-refractivity contribution is -0.699. The van der Waals surface area contributed by atoms with Gasteiger partial charge < -0.3 is 14.7 Å². The van der Waals surface area contributed by atoms with Gasteiger partial charge >= 0.3 is 5.97 Å². The lowest BCUT2D eigenvalue weighted by Crippen LogP contribution is -2.50. The standard InChI is InChI=1S/C43H56N4O6S/c1-9-13-18-44-20-21-45(19-16-14-15-17-39(48)49)41(44)40-33-22-31-29(10-2)26-42(5,6)46(11-3)35(31)24-37(33)53-38-25-36-32(23-34(38)40)30(28-54(50,51)52)27-43(7,8)47(36)12-4/h20-27H,9-19,28H2,1-8H3/p+2. The molecule has 11 heteroatoms. The number of rotatable bonds is 15. The van der Waals surface area contributed by atoms with E-state index in [0.717, 1.165) is 89.7 Å². The highest BCUT2D eigenvalue weighted by Gasteiger charge is 2.39. The summed E-state index contributed by atoms with van der Waals surface area (Å²) in [5.41, 5.74) is 6.21. The molecule has 6 rings (SSSR count). The zero-order valence-electron chi connectivity index (χ0n) is 33.3. The van der Waals surface area contributed by atoms with Crippen molar-refractivity contribution in [1.29, 1.82) is 0 Å². The number of imidazole rings is 1. The van der Waals surface area contributed by atoms with Crippen LogP contribution in [0, 0.1) is 0 Å². The van der Waals surface area contributed by atoms with Crippen LogP contribution in [0.3, 0.4) is 0 Å². The van der Waals surface area contributed by atoms with Crippen LogP contribution in [0.2, 0.25) is 0 Å². The van der Waals surface area contributed by atoms with Crippen molar-refractivity contribution in [3.8, 4) is 11.5 Å². The van der Waals surface area contributed by atoms with Crippen LogP contribution in [0.1, 0.15) is 123 Å². The maximum atomic E-state index is 12.5. The summed E-state index contributed by atoms with van der Waals surface area (Å²) < 4.78 is 48.9. The molecular formula is C43H58N4O6S+2. The Morgan fingerprint density at radius 3 is 2.30 bits per heavy atom. The first kappa shape index (κ1) is 39.5. The van der Waals surface area contributed by atoms with E-state index in [1.807, 2.05) is 6.08 Å². The van der Waals surface area contributed by atoms with Gasteiger partial charge in [-0.3, -0.25) is 9.35 Å². The van der Waals surface area contributed by atoms with Gasteiger partial charge in [0.1, 0.15) is 36.2 Å². The molecule has 0 bridgehead atoms. The van der Waals surface area contributed by atoms with Crippen molar-refractivity contribution in [3.63, 3.8) is 0 Å². The summed E-state index contributed by atoms with van der Waals surface area (Å²) in [6.45, 7) is 20.3. The second-order valence-corrected chi connectivity index (χ2v) is 17.4. The predicted molar refractivity (Wildman–Crippen MR) is 215 cm³/mol. The van der Waals surface area contributed by atoms with Crippen molar-refractivity contribution >= 4 is 38.5 Å². The maximum absolute atomic E-state index is 12.5. The largest absolute Gasteiger partial charge is 0.481 e. The minimum absolute atomic E-state index is 0.157. The van der Waals surface area contributed by atoms with Gasteiger partial charge in [0.05, 0.1) is 35.8 Å². The number of carboxylic acid groups (broad SMARTS) is 1. The minimum atomic E-state index is -4.33. The lowest BCUT2D eigenvalue weighted by Gasteiger charge is -2.43. The number of aryl methyl sites for hydroxylation is 2. The highest BCUT2D eigenvalue weighted by molar-refractivity contribution is 7.86. The fourth-order valence-electron chi connectivity index (χ4n) is 8.89. The Labute approximate surface area is 320 Å². The van der Waals surface area contributed by atoms with Gasteiger partial charge in [-0.25, -0.2) is 13.7 Å². The number of benzene rings is 2. The quantitative estimate of drug-likeness (QED) is 0.0802. The van der Waals surface area contributed by atoms with Crippen molar-refractivity contribution < 1.29 is 32.2 Å². The monoisotopic (exact) mass is 758 g/mol. The van der Waals surface area contributed by atoms with Crippen molar-refractivity contribution in [2.75, 3.05) is 23.7 Å². The number of anilines is 1. The molecule has 0 saturated heterocycles. The van der Waals surface area contributed by atoms with E-state index >= 15 is 0 Å². The van der Waals surface area contributed by atoms with Crippen LogP contribution in [0.25, 0.3) is 16.7 Å². The number of ether oxygens (including phenoxy) is 1. The predicted octanol–water partition coefficient (Wildman–Crippen LogP) is 6.56. The average Bonchev–Trinajstić information content (AvgIpc) is 3.48. The van der Waals surface area contributed by atoms with Gasteiger partial charge in [-0.15, -0.1) is 0 Å². The van der Waals surface area contributed by atoms with Crippen LogP contribution >= 0.6 is 0 Å². The van der Waals surface area contributed by atoms with Gasteiger partial charge in [-0.2, -0.15) is 8.42 Å². The molecule has 0 unspecified atom stereocenters. The molecule has 54 heavy (non-hydrogen) atoms. The van der Waals surface area contributed by atoms with Crippen molar-refractivity contribution in [2.24, 2.45) is 0 Å². The van der Waals surface area contributed by atoms with Crippen LogP contribution in [0.5, 0.6) is 11.5 Å². The number of allylic oxidation sites excluding steroid dienone is 1. The summed E-state index contributed by atoms with van der Waals surface area (Å²) in [6, 6.07) is 8.63. The number of nitrogens with zero attached hydrogens (tertiary/aromatic N) is 4. The Bertz CT molecular complexity index is 2280. The molecule has 0 fully saturated rings. The Morgan fingerprint density at radius 2 is 1.65 bits per heavy atom. The minimum Gasteiger partial charge on any atom is -0.481 e. The number of hydrogen-bond acceptors (Lipinski definition) is 5. The van der Waals surface area contributed by atoms with Crippen LogP contribution in [-0.2, 0) is 28.0 Å². The molecule has 0 saturated carbocycles. The molecule has 2 aromatic carbocycles. The molecule has 0 atom stereocenters. The first-order valence-corrected chi connectivity index (χ1v) is 21.3. The first-order chi connectivity index (χ1) is 25.5. The molecule has 10 nitrogen and oxygen atoms in total. The fourth-order valence-corrected chi connectivity index (χ4v) is 9.52.